The molecular weight excluding hydrogens is 386 g/mol. The Kier molecular flexibility index (Phi) is 4.65. The molecule has 0 aliphatic carbocycles. The Hall–Kier alpha value is -0.740. The lowest BCUT2D eigenvalue weighted by molar-refractivity contribution is 0.0701. The second kappa shape index (κ2) is 5.94. The zero-order valence-electron chi connectivity index (χ0n) is 10.2. The predicted octanol–water partition coefficient (Wildman–Crippen LogP) is 3.06. The van der Waals surface area contributed by atoms with E-state index in [-0.39, 0.29) is 15.6 Å². The summed E-state index contributed by atoms with van der Waals surface area (Å²) < 4.78 is 27.6. The minimum atomic E-state index is -3.69. The third-order valence-electron chi connectivity index (χ3n) is 2.42. The lowest BCUT2D eigenvalue weighted by Crippen LogP contribution is -2.21. The summed E-state index contributed by atoms with van der Waals surface area (Å²) in [6.07, 6.45) is 0. The summed E-state index contributed by atoms with van der Waals surface area (Å²) >= 11 is 5.50. The fourth-order valence-electron chi connectivity index (χ4n) is 1.48. The fourth-order valence-corrected chi connectivity index (χ4v) is 5.43. The highest BCUT2D eigenvalue weighted by atomic mass is 79.9. The molecule has 0 saturated carbocycles. The van der Waals surface area contributed by atoms with E-state index >= 15 is 0 Å². The van der Waals surface area contributed by atoms with Gasteiger partial charge < -0.3 is 5.11 Å². The van der Waals surface area contributed by atoms with Gasteiger partial charge in [0.1, 0.15) is 9.09 Å². The molecule has 108 valence electrons. The highest BCUT2D eigenvalue weighted by molar-refractivity contribution is 9.11. The van der Waals surface area contributed by atoms with Crippen LogP contribution in [0.4, 0.5) is 0 Å². The minimum absolute atomic E-state index is 0.0167. The summed E-state index contributed by atoms with van der Waals surface area (Å²) in [5.74, 6) is -1.11. The number of aromatic carboxylic acids is 1. The molecule has 0 unspecified atom stereocenters. The number of halogens is 1. The zero-order valence-corrected chi connectivity index (χ0v) is 14.2. The van der Waals surface area contributed by atoms with Crippen LogP contribution in [-0.2, 0) is 16.6 Å². The summed E-state index contributed by atoms with van der Waals surface area (Å²) in [7, 11) is -3.69. The first-order valence-corrected chi connectivity index (χ1v) is 9.28. The number of hydrogen-bond donors (Lipinski definition) is 2. The normalized spacial score (nSPS) is 11.7. The highest BCUT2D eigenvalue weighted by Crippen LogP contribution is 2.27. The van der Waals surface area contributed by atoms with E-state index in [1.54, 1.807) is 6.92 Å². The lowest BCUT2D eigenvalue weighted by Gasteiger charge is -2.02. The molecule has 0 fully saturated rings. The second-order valence-electron chi connectivity index (χ2n) is 3.91. The molecule has 5 nitrogen and oxygen atoms in total. The lowest BCUT2D eigenvalue weighted by atomic mass is 10.3. The van der Waals surface area contributed by atoms with E-state index in [0.29, 0.717) is 5.56 Å². The first-order valence-electron chi connectivity index (χ1n) is 5.37. The summed E-state index contributed by atoms with van der Waals surface area (Å²) in [5, 5.41) is 8.95. The molecule has 2 aromatic heterocycles. The van der Waals surface area contributed by atoms with Gasteiger partial charge in [-0.3, -0.25) is 0 Å². The monoisotopic (exact) mass is 395 g/mol. The Morgan fingerprint density at radius 1 is 1.40 bits per heavy atom. The van der Waals surface area contributed by atoms with Gasteiger partial charge in [-0.05, 0) is 46.6 Å². The smallest absolute Gasteiger partial charge is 0.346 e. The Labute approximate surface area is 132 Å². The first-order chi connectivity index (χ1) is 9.29. The van der Waals surface area contributed by atoms with Crippen LogP contribution in [-0.4, -0.2) is 19.5 Å². The number of rotatable bonds is 5. The van der Waals surface area contributed by atoms with E-state index in [4.69, 9.17) is 5.11 Å². The van der Waals surface area contributed by atoms with Crippen molar-refractivity contribution < 1.29 is 18.3 Å². The first kappa shape index (κ1) is 15.6. The Morgan fingerprint density at radius 2 is 2.10 bits per heavy atom. The van der Waals surface area contributed by atoms with E-state index in [0.717, 1.165) is 20.0 Å². The number of sulfonamides is 1. The van der Waals surface area contributed by atoms with Gasteiger partial charge in [0.25, 0.3) is 0 Å². The predicted molar refractivity (Wildman–Crippen MR) is 82.1 cm³/mol. The maximum absolute atomic E-state index is 12.1. The number of nitrogens with one attached hydrogen (secondary N) is 1. The standard InChI is InChI=1S/C11H10BrNO4S3/c1-6-4-9(19-10(6)11(14)15)20(16,17)13-5-7-2-3-8(12)18-7/h2-4,13H,5H2,1H3,(H,14,15). The van der Waals surface area contributed by atoms with Crippen molar-refractivity contribution in [1.29, 1.82) is 0 Å². The van der Waals surface area contributed by atoms with Crippen molar-refractivity contribution in [2.24, 2.45) is 0 Å². The van der Waals surface area contributed by atoms with Gasteiger partial charge >= 0.3 is 5.97 Å². The van der Waals surface area contributed by atoms with Crippen LogP contribution in [0.25, 0.3) is 0 Å². The molecule has 0 aromatic carbocycles. The molecule has 2 heterocycles. The summed E-state index contributed by atoms with van der Waals surface area (Å²) in [6.45, 7) is 1.76. The Bertz CT molecular complexity index is 748. The van der Waals surface area contributed by atoms with E-state index in [1.807, 2.05) is 12.1 Å². The molecule has 9 heteroatoms. The van der Waals surface area contributed by atoms with Crippen LogP contribution in [0.1, 0.15) is 20.1 Å². The summed E-state index contributed by atoms with van der Waals surface area (Å²) in [4.78, 5) is 11.8. The molecule has 0 spiro atoms. The average Bonchev–Trinajstić information content (AvgIpc) is 2.93. The van der Waals surface area contributed by atoms with Crippen LogP contribution in [0.5, 0.6) is 0 Å². The van der Waals surface area contributed by atoms with Gasteiger partial charge in [0.2, 0.25) is 10.0 Å². The number of thiophene rings is 2. The third kappa shape index (κ3) is 3.47. The van der Waals surface area contributed by atoms with Crippen molar-refractivity contribution in [2.45, 2.75) is 17.7 Å². The number of carboxylic acids is 1. The van der Waals surface area contributed by atoms with E-state index in [1.165, 1.54) is 17.4 Å². The number of carbonyl (C=O) groups is 1. The van der Waals surface area contributed by atoms with Crippen LogP contribution >= 0.6 is 38.6 Å². The van der Waals surface area contributed by atoms with Crippen molar-refractivity contribution in [3.8, 4) is 0 Å². The average molecular weight is 396 g/mol. The minimum Gasteiger partial charge on any atom is -0.477 e. The van der Waals surface area contributed by atoms with Crippen LogP contribution in [0.15, 0.2) is 26.2 Å². The number of hydrogen-bond acceptors (Lipinski definition) is 5. The van der Waals surface area contributed by atoms with E-state index < -0.39 is 16.0 Å². The van der Waals surface area contributed by atoms with E-state index in [2.05, 4.69) is 20.7 Å². The molecule has 0 bridgehead atoms. The largest absolute Gasteiger partial charge is 0.477 e. The summed E-state index contributed by atoms with van der Waals surface area (Å²) in [6, 6.07) is 5.03. The van der Waals surface area contributed by atoms with Gasteiger partial charge in [0.15, 0.2) is 0 Å². The maximum Gasteiger partial charge on any atom is 0.346 e. The van der Waals surface area contributed by atoms with Gasteiger partial charge in [-0.15, -0.1) is 22.7 Å². The van der Waals surface area contributed by atoms with Gasteiger partial charge in [0.05, 0.1) is 3.79 Å². The van der Waals surface area contributed by atoms with Gasteiger partial charge in [-0.25, -0.2) is 17.9 Å². The van der Waals surface area contributed by atoms with Gasteiger partial charge in [-0.2, -0.15) is 0 Å². The Morgan fingerprint density at radius 3 is 2.60 bits per heavy atom. The molecule has 0 radical (unpaired) electrons. The molecule has 2 N–H and O–H groups in total. The van der Waals surface area contributed by atoms with Crippen LogP contribution in [0.2, 0.25) is 0 Å². The van der Waals surface area contributed by atoms with Crippen molar-refractivity contribution in [3.05, 3.63) is 37.3 Å². The van der Waals surface area contributed by atoms with Gasteiger partial charge in [-0.1, -0.05) is 0 Å². The quantitative estimate of drug-likeness (QED) is 0.814. The topological polar surface area (TPSA) is 83.5 Å². The summed E-state index contributed by atoms with van der Waals surface area (Å²) in [5.41, 5.74) is 0.446. The molecule has 0 aliphatic rings. The molecule has 0 atom stereocenters. The van der Waals surface area contributed by atoms with E-state index in [9.17, 15) is 13.2 Å². The molecule has 20 heavy (non-hydrogen) atoms. The fraction of sp³-hybridized carbons (Fsp3) is 0.182. The molecule has 0 saturated heterocycles. The zero-order chi connectivity index (χ0) is 14.9. The Balaban J connectivity index is 2.18. The second-order valence-corrected chi connectivity index (χ2v) is 9.51. The highest BCUT2D eigenvalue weighted by Gasteiger charge is 2.21. The number of carboxylic acid groups (broad SMARTS) is 1. The molecule has 0 amide bonds. The SMILES string of the molecule is Cc1cc(S(=O)(=O)NCc2ccc(Br)s2)sc1C(=O)O. The van der Waals surface area contributed by atoms with Crippen molar-refractivity contribution in [2.75, 3.05) is 0 Å². The van der Waals surface area contributed by atoms with Crippen LogP contribution < -0.4 is 4.72 Å². The molecular formula is C11H10BrNO4S3. The van der Waals surface area contributed by atoms with Crippen molar-refractivity contribution in [3.63, 3.8) is 0 Å². The number of aryl methyl sites for hydroxylation is 1. The van der Waals surface area contributed by atoms with Crippen LogP contribution in [0, 0.1) is 6.92 Å². The third-order valence-corrected chi connectivity index (χ3v) is 7.14. The maximum atomic E-state index is 12.1. The molecule has 0 aliphatic heterocycles. The van der Waals surface area contributed by atoms with Crippen molar-refractivity contribution >= 4 is 54.6 Å². The van der Waals surface area contributed by atoms with Gasteiger partial charge in [0, 0.05) is 11.4 Å². The molecule has 2 aromatic rings. The molecule has 2 rings (SSSR count). The van der Waals surface area contributed by atoms with Crippen molar-refractivity contribution in [1.82, 2.24) is 4.72 Å². The van der Waals surface area contributed by atoms with Crippen LogP contribution in [0.3, 0.4) is 0 Å².